The van der Waals surface area contributed by atoms with Crippen LogP contribution in [-0.2, 0) is 14.4 Å². The molecule has 2 N–H and O–H groups in total. The van der Waals surface area contributed by atoms with Crippen LogP contribution in [0, 0.1) is 11.8 Å². The molecule has 1 aromatic rings. The Bertz CT molecular complexity index is 645. The zero-order chi connectivity index (χ0) is 18.4. The number of rotatable bonds is 7. The van der Waals surface area contributed by atoms with Crippen molar-refractivity contribution in [2.75, 3.05) is 31.6 Å². The summed E-state index contributed by atoms with van der Waals surface area (Å²) in [5, 5.41) is 5.52. The maximum atomic E-state index is 12.2. The number of ether oxygens (including phenoxy) is 1. The van der Waals surface area contributed by atoms with E-state index in [2.05, 4.69) is 10.6 Å². The summed E-state index contributed by atoms with van der Waals surface area (Å²) in [5.74, 6) is -0.105. The van der Waals surface area contributed by atoms with E-state index in [-0.39, 0.29) is 36.0 Å². The van der Waals surface area contributed by atoms with Crippen LogP contribution in [0.1, 0.15) is 20.3 Å². The average molecular weight is 347 g/mol. The number of carbonyl (C=O) groups is 3. The van der Waals surface area contributed by atoms with Crippen molar-refractivity contribution in [1.29, 1.82) is 0 Å². The highest BCUT2D eigenvalue weighted by atomic mass is 16.5. The fourth-order valence-electron chi connectivity index (χ4n) is 2.63. The second-order valence-electron chi connectivity index (χ2n) is 6.34. The van der Waals surface area contributed by atoms with Crippen LogP contribution in [0.15, 0.2) is 24.3 Å². The molecule has 1 atom stereocenters. The van der Waals surface area contributed by atoms with Gasteiger partial charge in [-0.1, -0.05) is 19.9 Å². The van der Waals surface area contributed by atoms with Crippen molar-refractivity contribution in [3.05, 3.63) is 24.3 Å². The Morgan fingerprint density at radius 3 is 2.68 bits per heavy atom. The van der Waals surface area contributed by atoms with Crippen molar-refractivity contribution >= 4 is 23.4 Å². The molecule has 2 rings (SSSR count). The Balaban J connectivity index is 1.84. The molecule has 1 unspecified atom stereocenters. The summed E-state index contributed by atoms with van der Waals surface area (Å²) in [6.07, 6.45) is 0.182. The number of hydrogen-bond acceptors (Lipinski definition) is 4. The molecule has 0 aliphatic carbocycles. The third kappa shape index (κ3) is 4.95. The Hall–Kier alpha value is -2.57. The Kier molecular flexibility index (Phi) is 6.38. The molecular weight excluding hydrogens is 322 g/mol. The molecule has 1 fully saturated rings. The van der Waals surface area contributed by atoms with Gasteiger partial charge < -0.3 is 20.3 Å². The molecule has 7 nitrogen and oxygen atoms in total. The first-order chi connectivity index (χ1) is 11.9. The van der Waals surface area contributed by atoms with Crippen molar-refractivity contribution in [2.45, 2.75) is 20.3 Å². The standard InChI is InChI=1S/C18H25N3O4/c1-12(2)17(23)19-7-8-20-18(24)13-9-16(22)21(11-13)14-5-4-6-15(10-14)25-3/h4-6,10,12-13H,7-9,11H2,1-3H3,(H,19,23)(H,20,24). The lowest BCUT2D eigenvalue weighted by Gasteiger charge is -2.17. The predicted molar refractivity (Wildman–Crippen MR) is 94.3 cm³/mol. The lowest BCUT2D eigenvalue weighted by atomic mass is 10.1. The number of amides is 3. The molecule has 1 aliphatic heterocycles. The summed E-state index contributed by atoms with van der Waals surface area (Å²) in [6, 6.07) is 7.22. The van der Waals surface area contributed by atoms with E-state index >= 15 is 0 Å². The first-order valence-electron chi connectivity index (χ1n) is 8.42. The van der Waals surface area contributed by atoms with Crippen molar-refractivity contribution in [2.24, 2.45) is 11.8 Å². The van der Waals surface area contributed by atoms with Gasteiger partial charge in [0, 0.05) is 43.7 Å². The highest BCUT2D eigenvalue weighted by molar-refractivity contribution is 6.00. The minimum atomic E-state index is -0.389. The van der Waals surface area contributed by atoms with Crippen LogP contribution in [0.4, 0.5) is 5.69 Å². The fourth-order valence-corrected chi connectivity index (χ4v) is 2.63. The van der Waals surface area contributed by atoms with Gasteiger partial charge in [0.15, 0.2) is 0 Å². The molecule has 7 heteroatoms. The molecule has 1 saturated heterocycles. The van der Waals surface area contributed by atoms with Gasteiger partial charge in [-0.25, -0.2) is 0 Å². The third-order valence-electron chi connectivity index (χ3n) is 4.11. The van der Waals surface area contributed by atoms with Crippen LogP contribution in [0.3, 0.4) is 0 Å². The van der Waals surface area contributed by atoms with Gasteiger partial charge in [0.25, 0.3) is 0 Å². The molecule has 0 bridgehead atoms. The van der Waals surface area contributed by atoms with Crippen LogP contribution in [0.25, 0.3) is 0 Å². The third-order valence-corrected chi connectivity index (χ3v) is 4.11. The highest BCUT2D eigenvalue weighted by Crippen LogP contribution is 2.27. The van der Waals surface area contributed by atoms with Crippen LogP contribution in [0.5, 0.6) is 5.75 Å². The number of carbonyl (C=O) groups excluding carboxylic acids is 3. The minimum absolute atomic E-state index is 0.0468. The van der Waals surface area contributed by atoms with Gasteiger partial charge in [0.2, 0.25) is 17.7 Å². The number of methoxy groups -OCH3 is 1. The SMILES string of the molecule is COc1cccc(N2CC(C(=O)NCCNC(=O)C(C)C)CC2=O)c1. The van der Waals surface area contributed by atoms with Gasteiger partial charge in [-0.05, 0) is 12.1 Å². The average Bonchev–Trinajstić information content (AvgIpc) is 3.00. The maximum absolute atomic E-state index is 12.2. The normalized spacial score (nSPS) is 16.9. The first kappa shape index (κ1) is 18.8. The molecule has 136 valence electrons. The number of benzene rings is 1. The summed E-state index contributed by atoms with van der Waals surface area (Å²) in [6.45, 7) is 4.69. The Morgan fingerprint density at radius 1 is 1.28 bits per heavy atom. The zero-order valence-electron chi connectivity index (χ0n) is 14.9. The van der Waals surface area contributed by atoms with Crippen molar-refractivity contribution in [3.8, 4) is 5.75 Å². The number of nitrogens with one attached hydrogen (secondary N) is 2. The van der Waals surface area contributed by atoms with E-state index in [1.807, 2.05) is 26.0 Å². The van der Waals surface area contributed by atoms with E-state index in [0.29, 0.717) is 25.4 Å². The highest BCUT2D eigenvalue weighted by Gasteiger charge is 2.35. The second-order valence-corrected chi connectivity index (χ2v) is 6.34. The maximum Gasteiger partial charge on any atom is 0.227 e. The molecule has 3 amide bonds. The lowest BCUT2D eigenvalue weighted by Crippen LogP contribution is -2.39. The quantitative estimate of drug-likeness (QED) is 0.719. The summed E-state index contributed by atoms with van der Waals surface area (Å²) in [4.78, 5) is 37.5. The molecule has 0 radical (unpaired) electrons. The fraction of sp³-hybridized carbons (Fsp3) is 0.500. The van der Waals surface area contributed by atoms with Gasteiger partial charge >= 0.3 is 0 Å². The first-order valence-corrected chi connectivity index (χ1v) is 8.42. The van der Waals surface area contributed by atoms with Gasteiger partial charge in [0.05, 0.1) is 13.0 Å². The second kappa shape index (κ2) is 8.50. The number of hydrogen-bond donors (Lipinski definition) is 2. The molecular formula is C18H25N3O4. The number of anilines is 1. The van der Waals surface area contributed by atoms with Gasteiger partial charge in [-0.15, -0.1) is 0 Å². The largest absolute Gasteiger partial charge is 0.497 e. The summed E-state index contributed by atoms with van der Waals surface area (Å²) < 4.78 is 5.17. The number of nitrogens with zero attached hydrogens (tertiary/aromatic N) is 1. The topological polar surface area (TPSA) is 87.7 Å². The monoisotopic (exact) mass is 347 g/mol. The summed E-state index contributed by atoms with van der Waals surface area (Å²) >= 11 is 0. The molecule has 1 heterocycles. The van der Waals surface area contributed by atoms with Crippen LogP contribution in [0.2, 0.25) is 0 Å². The molecule has 1 aliphatic rings. The lowest BCUT2D eigenvalue weighted by molar-refractivity contribution is -0.126. The van der Waals surface area contributed by atoms with E-state index in [1.165, 1.54) is 0 Å². The van der Waals surface area contributed by atoms with Crippen LogP contribution < -0.4 is 20.3 Å². The Labute approximate surface area is 147 Å². The smallest absolute Gasteiger partial charge is 0.227 e. The molecule has 0 aromatic heterocycles. The van der Waals surface area contributed by atoms with E-state index in [4.69, 9.17) is 4.74 Å². The predicted octanol–water partition coefficient (Wildman–Crippen LogP) is 0.936. The van der Waals surface area contributed by atoms with Crippen molar-refractivity contribution < 1.29 is 19.1 Å². The Morgan fingerprint density at radius 2 is 2.00 bits per heavy atom. The van der Waals surface area contributed by atoms with E-state index in [9.17, 15) is 14.4 Å². The zero-order valence-corrected chi connectivity index (χ0v) is 14.9. The van der Waals surface area contributed by atoms with Gasteiger partial charge in [-0.2, -0.15) is 0 Å². The van der Waals surface area contributed by atoms with Crippen LogP contribution >= 0.6 is 0 Å². The molecule has 25 heavy (non-hydrogen) atoms. The van der Waals surface area contributed by atoms with E-state index in [0.717, 1.165) is 5.69 Å². The van der Waals surface area contributed by atoms with Crippen molar-refractivity contribution in [3.63, 3.8) is 0 Å². The van der Waals surface area contributed by atoms with Crippen LogP contribution in [-0.4, -0.2) is 44.5 Å². The van der Waals surface area contributed by atoms with E-state index < -0.39 is 0 Å². The molecule has 0 saturated carbocycles. The van der Waals surface area contributed by atoms with Gasteiger partial charge in [0.1, 0.15) is 5.75 Å². The van der Waals surface area contributed by atoms with Crippen molar-refractivity contribution in [1.82, 2.24) is 10.6 Å². The van der Waals surface area contributed by atoms with Gasteiger partial charge in [-0.3, -0.25) is 14.4 Å². The summed E-state index contributed by atoms with van der Waals surface area (Å²) in [7, 11) is 1.57. The molecule has 1 aromatic carbocycles. The molecule has 0 spiro atoms. The minimum Gasteiger partial charge on any atom is -0.497 e. The van der Waals surface area contributed by atoms with E-state index in [1.54, 1.807) is 24.1 Å². The summed E-state index contributed by atoms with van der Waals surface area (Å²) in [5.41, 5.74) is 0.726.